The number of ether oxygens (including phenoxy) is 1. The molecule has 6 heteroatoms. The summed E-state index contributed by atoms with van der Waals surface area (Å²) < 4.78 is 18.7. The highest BCUT2D eigenvalue weighted by Gasteiger charge is 2.30. The molecule has 0 unspecified atom stereocenters. The van der Waals surface area contributed by atoms with Crippen molar-refractivity contribution in [1.29, 1.82) is 0 Å². The van der Waals surface area contributed by atoms with Crippen molar-refractivity contribution in [3.05, 3.63) is 59.4 Å². The number of amides is 1. The van der Waals surface area contributed by atoms with Gasteiger partial charge in [-0.2, -0.15) is 0 Å². The Morgan fingerprint density at radius 2 is 2.12 bits per heavy atom. The Hall–Kier alpha value is -2.60. The summed E-state index contributed by atoms with van der Waals surface area (Å²) in [6, 6.07) is 11.2. The number of halogens is 1. The Morgan fingerprint density at radius 3 is 2.88 bits per heavy atom. The van der Waals surface area contributed by atoms with E-state index in [4.69, 9.17) is 4.74 Å². The SMILES string of the molecule is COc1cccc(CN[C@@H]2CCC(=O)N[C@H]2c2cccc(F)c2)c1O. The van der Waals surface area contributed by atoms with Crippen molar-refractivity contribution in [2.24, 2.45) is 0 Å². The fourth-order valence-electron chi connectivity index (χ4n) is 3.15. The lowest BCUT2D eigenvalue weighted by Gasteiger charge is -2.33. The number of rotatable bonds is 5. The summed E-state index contributed by atoms with van der Waals surface area (Å²) in [4.78, 5) is 11.8. The lowest BCUT2D eigenvalue weighted by atomic mass is 9.91. The molecule has 3 N–H and O–H groups in total. The van der Waals surface area contributed by atoms with Crippen LogP contribution in [0.1, 0.15) is 30.0 Å². The lowest BCUT2D eigenvalue weighted by Crippen LogP contribution is -2.48. The quantitative estimate of drug-likeness (QED) is 0.780. The molecule has 1 amide bonds. The molecule has 0 radical (unpaired) electrons. The summed E-state index contributed by atoms with van der Waals surface area (Å²) in [5.41, 5.74) is 1.43. The third-order valence-corrected chi connectivity index (χ3v) is 4.47. The number of carbonyl (C=O) groups excluding carboxylic acids is 1. The summed E-state index contributed by atoms with van der Waals surface area (Å²) in [6.07, 6.45) is 1.05. The minimum Gasteiger partial charge on any atom is -0.504 e. The standard InChI is InChI=1S/C19H21FN2O3/c1-25-16-7-3-5-13(19(16)24)11-21-15-8-9-17(23)22-18(15)12-4-2-6-14(20)10-12/h2-7,10,15,18,21,24H,8-9,11H2,1H3,(H,22,23)/t15-,18+/m1/s1. The van der Waals surface area contributed by atoms with Gasteiger partial charge in [0.2, 0.25) is 5.91 Å². The second-order valence-electron chi connectivity index (χ2n) is 6.09. The summed E-state index contributed by atoms with van der Waals surface area (Å²) in [7, 11) is 1.50. The van der Waals surface area contributed by atoms with Crippen LogP contribution in [-0.2, 0) is 11.3 Å². The van der Waals surface area contributed by atoms with E-state index in [1.807, 2.05) is 12.1 Å². The number of methoxy groups -OCH3 is 1. The monoisotopic (exact) mass is 344 g/mol. The normalized spacial score (nSPS) is 20.2. The van der Waals surface area contributed by atoms with Gasteiger partial charge in [0.15, 0.2) is 11.5 Å². The van der Waals surface area contributed by atoms with Crippen molar-refractivity contribution >= 4 is 5.91 Å². The van der Waals surface area contributed by atoms with E-state index in [0.717, 1.165) is 5.56 Å². The summed E-state index contributed by atoms with van der Waals surface area (Å²) in [5.74, 6) is 0.135. The van der Waals surface area contributed by atoms with E-state index in [0.29, 0.717) is 30.7 Å². The molecule has 25 heavy (non-hydrogen) atoms. The average molecular weight is 344 g/mol. The Balaban J connectivity index is 1.76. The molecular formula is C19H21FN2O3. The van der Waals surface area contributed by atoms with Gasteiger partial charge in [-0.15, -0.1) is 0 Å². The van der Waals surface area contributed by atoms with Crippen molar-refractivity contribution in [3.8, 4) is 11.5 Å². The van der Waals surface area contributed by atoms with Gasteiger partial charge in [-0.1, -0.05) is 24.3 Å². The molecule has 2 aromatic carbocycles. The van der Waals surface area contributed by atoms with Gasteiger partial charge in [0, 0.05) is 24.6 Å². The van der Waals surface area contributed by atoms with Crippen molar-refractivity contribution in [2.45, 2.75) is 31.5 Å². The van der Waals surface area contributed by atoms with Gasteiger partial charge in [-0.05, 0) is 30.2 Å². The number of aromatic hydroxyl groups is 1. The average Bonchev–Trinajstić information content (AvgIpc) is 2.61. The first-order valence-electron chi connectivity index (χ1n) is 8.21. The molecule has 1 aliphatic heterocycles. The van der Waals surface area contributed by atoms with Gasteiger partial charge in [0.05, 0.1) is 13.2 Å². The van der Waals surface area contributed by atoms with Crippen molar-refractivity contribution < 1.29 is 19.0 Å². The second kappa shape index (κ2) is 7.53. The smallest absolute Gasteiger partial charge is 0.220 e. The van der Waals surface area contributed by atoms with Crippen LogP contribution in [0.2, 0.25) is 0 Å². The Kier molecular flexibility index (Phi) is 5.19. The highest BCUT2D eigenvalue weighted by Crippen LogP contribution is 2.30. The minimum absolute atomic E-state index is 0.0449. The first-order chi connectivity index (χ1) is 12.1. The van der Waals surface area contributed by atoms with E-state index >= 15 is 0 Å². The van der Waals surface area contributed by atoms with Crippen molar-refractivity contribution in [3.63, 3.8) is 0 Å². The summed E-state index contributed by atoms with van der Waals surface area (Å²) in [5, 5.41) is 16.5. The number of hydrogen-bond acceptors (Lipinski definition) is 4. The van der Waals surface area contributed by atoms with Crippen LogP contribution in [0.4, 0.5) is 4.39 Å². The van der Waals surface area contributed by atoms with Crippen LogP contribution >= 0.6 is 0 Å². The topological polar surface area (TPSA) is 70.6 Å². The van der Waals surface area contributed by atoms with Gasteiger partial charge in [0.25, 0.3) is 0 Å². The maximum Gasteiger partial charge on any atom is 0.220 e. The molecule has 0 bridgehead atoms. The minimum atomic E-state index is -0.332. The molecule has 132 valence electrons. The predicted molar refractivity (Wildman–Crippen MR) is 91.8 cm³/mol. The largest absolute Gasteiger partial charge is 0.504 e. The molecule has 5 nitrogen and oxygen atoms in total. The van der Waals surface area contributed by atoms with E-state index < -0.39 is 0 Å². The summed E-state index contributed by atoms with van der Waals surface area (Å²) >= 11 is 0. The zero-order chi connectivity index (χ0) is 17.8. The molecule has 2 aromatic rings. The van der Waals surface area contributed by atoms with Crippen LogP contribution in [0.25, 0.3) is 0 Å². The van der Waals surface area contributed by atoms with Crippen LogP contribution in [0.5, 0.6) is 11.5 Å². The highest BCUT2D eigenvalue weighted by atomic mass is 19.1. The maximum atomic E-state index is 13.6. The van der Waals surface area contributed by atoms with E-state index in [1.54, 1.807) is 18.2 Å². The Bertz CT molecular complexity index is 766. The number of phenolic OH excluding ortho intramolecular Hbond substituents is 1. The van der Waals surface area contributed by atoms with E-state index in [2.05, 4.69) is 10.6 Å². The molecule has 0 aromatic heterocycles. The molecule has 3 rings (SSSR count). The van der Waals surface area contributed by atoms with Gasteiger partial charge >= 0.3 is 0 Å². The van der Waals surface area contributed by atoms with Crippen molar-refractivity contribution in [1.82, 2.24) is 10.6 Å². The molecule has 1 heterocycles. The molecule has 0 aliphatic carbocycles. The van der Waals surface area contributed by atoms with Gasteiger partial charge in [0.1, 0.15) is 5.82 Å². The molecule has 1 fully saturated rings. The zero-order valence-corrected chi connectivity index (χ0v) is 14.0. The van der Waals surface area contributed by atoms with E-state index in [9.17, 15) is 14.3 Å². The number of nitrogens with one attached hydrogen (secondary N) is 2. The lowest BCUT2D eigenvalue weighted by molar-refractivity contribution is -0.123. The van der Waals surface area contributed by atoms with Crippen LogP contribution in [0.15, 0.2) is 42.5 Å². The number of phenols is 1. The Morgan fingerprint density at radius 1 is 1.32 bits per heavy atom. The van der Waals surface area contributed by atoms with E-state index in [-0.39, 0.29) is 29.6 Å². The fourth-order valence-corrected chi connectivity index (χ4v) is 3.15. The van der Waals surface area contributed by atoms with Crippen LogP contribution in [-0.4, -0.2) is 24.2 Å². The number of piperidine rings is 1. The van der Waals surface area contributed by atoms with Crippen molar-refractivity contribution in [2.75, 3.05) is 7.11 Å². The Labute approximate surface area is 145 Å². The number of carbonyl (C=O) groups is 1. The molecule has 2 atom stereocenters. The van der Waals surface area contributed by atoms with Crippen LogP contribution in [0.3, 0.4) is 0 Å². The first-order valence-corrected chi connectivity index (χ1v) is 8.21. The van der Waals surface area contributed by atoms with E-state index in [1.165, 1.54) is 19.2 Å². The maximum absolute atomic E-state index is 13.6. The van der Waals surface area contributed by atoms with Gasteiger partial charge < -0.3 is 20.5 Å². The third-order valence-electron chi connectivity index (χ3n) is 4.47. The van der Waals surface area contributed by atoms with Crippen LogP contribution in [0, 0.1) is 5.82 Å². The van der Waals surface area contributed by atoms with Crippen LogP contribution < -0.4 is 15.4 Å². The predicted octanol–water partition coefficient (Wildman–Crippen LogP) is 2.65. The number of benzene rings is 2. The number of hydrogen-bond donors (Lipinski definition) is 3. The highest BCUT2D eigenvalue weighted by molar-refractivity contribution is 5.77. The molecule has 1 aliphatic rings. The third kappa shape index (κ3) is 3.91. The first kappa shape index (κ1) is 17.2. The molecule has 1 saturated heterocycles. The molecular weight excluding hydrogens is 323 g/mol. The molecule has 0 saturated carbocycles. The fraction of sp³-hybridized carbons (Fsp3) is 0.316. The number of para-hydroxylation sites is 1. The molecule has 0 spiro atoms. The zero-order valence-electron chi connectivity index (χ0n) is 14.0. The van der Waals surface area contributed by atoms with Gasteiger partial charge in [-0.25, -0.2) is 4.39 Å². The summed E-state index contributed by atoms with van der Waals surface area (Å²) in [6.45, 7) is 0.412. The van der Waals surface area contributed by atoms with Gasteiger partial charge in [-0.3, -0.25) is 4.79 Å². The second-order valence-corrected chi connectivity index (χ2v) is 6.09.